The summed E-state index contributed by atoms with van der Waals surface area (Å²) in [7, 11) is 0. The quantitative estimate of drug-likeness (QED) is 0.656. The third kappa shape index (κ3) is 1.56. The minimum Gasteiger partial charge on any atom is -0.392 e. The number of alkyl halides is 2. The SMILES string of the molecule is CC12CCC3(CC1Cl)C(O)(CC(O)C(Br)C3(C)C)C2. The van der Waals surface area contributed by atoms with Gasteiger partial charge in [-0.3, -0.25) is 0 Å². The van der Waals surface area contributed by atoms with Gasteiger partial charge in [-0.25, -0.2) is 0 Å². The second kappa shape index (κ2) is 3.91. The molecule has 0 amide bonds. The highest BCUT2D eigenvalue weighted by Gasteiger charge is 2.72. The van der Waals surface area contributed by atoms with Crippen LogP contribution in [0.5, 0.6) is 0 Å². The van der Waals surface area contributed by atoms with E-state index in [0.717, 1.165) is 25.7 Å². The van der Waals surface area contributed by atoms with Crippen LogP contribution in [0.4, 0.5) is 0 Å². The first-order chi connectivity index (χ1) is 8.58. The third-order valence-electron chi connectivity index (χ3n) is 6.80. The Morgan fingerprint density at radius 1 is 1.16 bits per heavy atom. The number of rotatable bonds is 0. The van der Waals surface area contributed by atoms with Crippen molar-refractivity contribution in [2.75, 3.05) is 0 Å². The van der Waals surface area contributed by atoms with E-state index >= 15 is 0 Å². The van der Waals surface area contributed by atoms with Crippen LogP contribution < -0.4 is 0 Å². The van der Waals surface area contributed by atoms with Crippen molar-refractivity contribution >= 4 is 27.5 Å². The highest BCUT2D eigenvalue weighted by Crippen LogP contribution is 2.72. The summed E-state index contributed by atoms with van der Waals surface area (Å²) in [4.78, 5) is 0.0200. The van der Waals surface area contributed by atoms with E-state index in [0.29, 0.717) is 6.42 Å². The molecular formula is C15H24BrClO2. The molecule has 4 rings (SSSR count). The first-order valence-corrected chi connectivity index (χ1v) is 8.62. The Hall–Kier alpha value is 0.690. The zero-order valence-corrected chi connectivity index (χ0v) is 14.3. The average Bonchev–Trinajstić information content (AvgIpc) is 2.28. The lowest BCUT2D eigenvalue weighted by Gasteiger charge is -2.71. The van der Waals surface area contributed by atoms with E-state index in [4.69, 9.17) is 11.6 Å². The van der Waals surface area contributed by atoms with Crippen LogP contribution in [0.2, 0.25) is 0 Å². The van der Waals surface area contributed by atoms with Gasteiger partial charge < -0.3 is 10.2 Å². The Morgan fingerprint density at radius 2 is 1.79 bits per heavy atom. The maximum Gasteiger partial charge on any atom is 0.0740 e. The van der Waals surface area contributed by atoms with Gasteiger partial charge in [0, 0.05) is 22.0 Å². The molecule has 2 nitrogen and oxygen atoms in total. The van der Waals surface area contributed by atoms with E-state index in [9.17, 15) is 10.2 Å². The van der Waals surface area contributed by atoms with Crippen molar-refractivity contribution in [2.24, 2.45) is 16.2 Å². The summed E-state index contributed by atoms with van der Waals surface area (Å²) in [6, 6.07) is 0. The fraction of sp³-hybridized carbons (Fsp3) is 1.00. The molecule has 2 N–H and O–H groups in total. The number of aliphatic hydroxyl groups excluding tert-OH is 1. The van der Waals surface area contributed by atoms with E-state index in [1.54, 1.807) is 0 Å². The Kier molecular flexibility index (Phi) is 3.01. The van der Waals surface area contributed by atoms with Gasteiger partial charge in [-0.1, -0.05) is 36.7 Å². The molecule has 0 heterocycles. The number of aliphatic hydroxyl groups is 2. The van der Waals surface area contributed by atoms with Crippen molar-refractivity contribution in [1.82, 2.24) is 0 Å². The van der Waals surface area contributed by atoms with Crippen LogP contribution in [0.15, 0.2) is 0 Å². The number of fused-ring (bicyclic) bond motifs is 2. The Bertz CT molecular complexity index is 415. The molecule has 4 heteroatoms. The van der Waals surface area contributed by atoms with Crippen LogP contribution >= 0.6 is 27.5 Å². The van der Waals surface area contributed by atoms with Gasteiger partial charge in [0.1, 0.15) is 0 Å². The Balaban J connectivity index is 2.12. The van der Waals surface area contributed by atoms with Crippen molar-refractivity contribution in [3.05, 3.63) is 0 Å². The average molecular weight is 352 g/mol. The molecule has 6 atom stereocenters. The van der Waals surface area contributed by atoms with E-state index < -0.39 is 11.7 Å². The fourth-order valence-electron chi connectivity index (χ4n) is 5.42. The van der Waals surface area contributed by atoms with Crippen LogP contribution in [0.3, 0.4) is 0 Å². The summed E-state index contributed by atoms with van der Waals surface area (Å²) in [6.45, 7) is 6.56. The summed E-state index contributed by atoms with van der Waals surface area (Å²) in [5.41, 5.74) is -1.07. The third-order valence-corrected chi connectivity index (χ3v) is 9.24. The Labute approximate surface area is 129 Å². The van der Waals surface area contributed by atoms with E-state index in [1.165, 1.54) is 0 Å². The molecule has 6 unspecified atom stereocenters. The molecule has 0 aromatic carbocycles. The molecule has 0 aromatic heterocycles. The molecular weight excluding hydrogens is 328 g/mol. The molecule has 4 fully saturated rings. The standard InChI is InChI=1S/C15H24BrClO2/c1-12(2)11(16)9(18)6-15(19)8-13(3)4-5-14(12,15)7-10(13)17/h9-11,18-19H,4-8H2,1-3H3. The number of hydrogen-bond donors (Lipinski definition) is 2. The van der Waals surface area contributed by atoms with Gasteiger partial charge >= 0.3 is 0 Å². The zero-order chi connectivity index (χ0) is 14.3. The van der Waals surface area contributed by atoms with Gasteiger partial charge in [0.25, 0.3) is 0 Å². The van der Waals surface area contributed by atoms with Crippen LogP contribution in [0, 0.1) is 16.2 Å². The molecule has 2 bridgehead atoms. The van der Waals surface area contributed by atoms with Gasteiger partial charge in [-0.2, -0.15) is 0 Å². The van der Waals surface area contributed by atoms with E-state index in [2.05, 4.69) is 36.7 Å². The second-order valence-electron chi connectivity index (χ2n) is 8.01. The lowest BCUT2D eigenvalue weighted by atomic mass is 9.37. The largest absolute Gasteiger partial charge is 0.392 e. The van der Waals surface area contributed by atoms with E-state index in [1.807, 2.05) is 0 Å². The molecule has 19 heavy (non-hydrogen) atoms. The van der Waals surface area contributed by atoms with Crippen LogP contribution in [-0.2, 0) is 0 Å². The molecule has 110 valence electrons. The minimum absolute atomic E-state index is 0.0200. The molecule has 0 radical (unpaired) electrons. The summed E-state index contributed by atoms with van der Waals surface area (Å²) < 4.78 is 0. The van der Waals surface area contributed by atoms with Gasteiger partial charge in [-0.15, -0.1) is 11.6 Å². The fourth-order valence-corrected chi connectivity index (χ4v) is 6.49. The molecule has 4 saturated carbocycles. The van der Waals surface area contributed by atoms with Crippen LogP contribution in [-0.4, -0.2) is 32.1 Å². The number of hydrogen-bond acceptors (Lipinski definition) is 2. The predicted molar refractivity (Wildman–Crippen MR) is 80.7 cm³/mol. The zero-order valence-electron chi connectivity index (χ0n) is 11.9. The number of halogens is 2. The molecule has 0 aliphatic heterocycles. The molecule has 4 aliphatic carbocycles. The first kappa shape index (κ1) is 14.6. The summed E-state index contributed by atoms with van der Waals surface area (Å²) >= 11 is 10.3. The molecule has 4 aliphatic rings. The van der Waals surface area contributed by atoms with Gasteiger partial charge in [0.15, 0.2) is 0 Å². The molecule has 0 saturated heterocycles. The molecule has 1 spiro atoms. The monoisotopic (exact) mass is 350 g/mol. The predicted octanol–water partition coefficient (Wildman–Crippen LogP) is 3.46. The summed E-state index contributed by atoms with van der Waals surface area (Å²) in [6.07, 6.45) is 3.69. The van der Waals surface area contributed by atoms with E-state index in [-0.39, 0.29) is 26.4 Å². The van der Waals surface area contributed by atoms with Crippen molar-refractivity contribution in [3.63, 3.8) is 0 Å². The lowest BCUT2D eigenvalue weighted by molar-refractivity contribution is -0.266. The van der Waals surface area contributed by atoms with Crippen molar-refractivity contribution in [3.8, 4) is 0 Å². The van der Waals surface area contributed by atoms with Gasteiger partial charge in [-0.05, 0) is 36.5 Å². The lowest BCUT2D eigenvalue weighted by Crippen LogP contribution is -2.73. The maximum atomic E-state index is 11.3. The maximum absolute atomic E-state index is 11.3. The smallest absolute Gasteiger partial charge is 0.0740 e. The second-order valence-corrected chi connectivity index (χ2v) is 9.52. The van der Waals surface area contributed by atoms with Gasteiger partial charge in [0.2, 0.25) is 0 Å². The van der Waals surface area contributed by atoms with Crippen molar-refractivity contribution in [2.45, 2.75) is 74.8 Å². The summed E-state index contributed by atoms with van der Waals surface area (Å²) in [5.74, 6) is 0. The topological polar surface area (TPSA) is 40.5 Å². The van der Waals surface area contributed by atoms with Gasteiger partial charge in [0.05, 0.1) is 11.7 Å². The van der Waals surface area contributed by atoms with Crippen LogP contribution in [0.25, 0.3) is 0 Å². The summed E-state index contributed by atoms with van der Waals surface area (Å²) in [5, 5.41) is 21.8. The highest BCUT2D eigenvalue weighted by molar-refractivity contribution is 9.09. The molecule has 0 aromatic rings. The Morgan fingerprint density at radius 3 is 2.37 bits per heavy atom. The normalized spacial score (nSPS) is 59.8. The van der Waals surface area contributed by atoms with Crippen LogP contribution in [0.1, 0.15) is 52.9 Å². The minimum atomic E-state index is -0.765. The highest BCUT2D eigenvalue weighted by atomic mass is 79.9. The van der Waals surface area contributed by atoms with Crippen molar-refractivity contribution in [1.29, 1.82) is 0 Å². The van der Waals surface area contributed by atoms with Crippen molar-refractivity contribution < 1.29 is 10.2 Å². The first-order valence-electron chi connectivity index (χ1n) is 7.27.